The molecule has 31 heteroatoms. The highest BCUT2D eigenvalue weighted by Gasteiger charge is 2.61. The largest absolute Gasteiger partial charge is 0.465 e. The number of hydrogen-bond donors (Lipinski definition) is 6. The Morgan fingerprint density at radius 2 is 1.27 bits per heavy atom. The molecule has 3 rings (SSSR count). The van der Waals surface area contributed by atoms with Crippen molar-refractivity contribution in [3.63, 3.8) is 0 Å². The Bertz CT molecular complexity index is 2270. The summed E-state index contributed by atoms with van der Waals surface area (Å²) in [7, 11) is 0.891. The van der Waals surface area contributed by atoms with Gasteiger partial charge in [-0.05, 0) is 33.6 Å². The Morgan fingerprint density at radius 1 is 0.705 bits per heavy atom. The number of amides is 6. The van der Waals surface area contributed by atoms with E-state index in [4.69, 9.17) is 63.6 Å². The maximum Gasteiger partial charge on any atom is 0.366 e. The summed E-state index contributed by atoms with van der Waals surface area (Å²) in [6.07, 6.45) is -15.9. The minimum atomic E-state index is -2.86. The number of hydrogen-bond acceptors (Lipinski definition) is 25. The van der Waals surface area contributed by atoms with E-state index in [1.165, 1.54) is 25.7 Å². The van der Waals surface area contributed by atoms with E-state index in [9.17, 15) is 62.3 Å². The number of nitrogens with zero attached hydrogens (tertiary/aromatic N) is 1. The zero-order chi connectivity index (χ0) is 59.1. The lowest BCUT2D eigenvalue weighted by Crippen LogP contribution is -2.70. The van der Waals surface area contributed by atoms with Crippen LogP contribution >= 0.6 is 0 Å². The van der Waals surface area contributed by atoms with E-state index in [1.807, 2.05) is 0 Å². The standard InChI is InChI=1S/C47H71N7O24/c1-19(42(64)51-20(2)44(66)54-15-13-14-30(54)41(49)63)50-43(65)34(48)21(3)71-45-36(53-23(5)56)39(76-29(11)62)37(74-27(9)60)33(77-45)18-70-47(46(67)68-12)16-31(72-25(7)58)35(52-22(4)55)40(78-47)38(75-28(10)61)32(73-26(8)59)17-69-24(6)57/h19-21,30-40,45H,13-18,48H2,1-12H3,(H2,49,63)(H,50,65)(H,51,64)(H,52,55)(H,53,56)/t19-,20-,21+,30-,31-,32+,33+,34-,35+,36+,37-,38+,39+,40+,45-,47+/m0/s1. The number of nitrogens with two attached hydrogens (primary N) is 2. The molecule has 3 saturated heterocycles. The minimum Gasteiger partial charge on any atom is -0.465 e. The van der Waals surface area contributed by atoms with Crippen molar-refractivity contribution in [1.82, 2.24) is 26.2 Å². The molecule has 0 saturated carbocycles. The summed E-state index contributed by atoms with van der Waals surface area (Å²) >= 11 is 0. The molecular weight excluding hydrogens is 1050 g/mol. The van der Waals surface area contributed by atoms with Crippen molar-refractivity contribution in [2.45, 2.75) is 193 Å². The first-order valence-corrected chi connectivity index (χ1v) is 24.5. The Labute approximate surface area is 447 Å². The molecule has 0 bridgehead atoms. The van der Waals surface area contributed by atoms with E-state index in [0.29, 0.717) is 12.8 Å². The molecular formula is C47H71N7O24. The fourth-order valence-corrected chi connectivity index (χ4v) is 8.83. The molecule has 3 heterocycles. The van der Waals surface area contributed by atoms with Crippen LogP contribution in [0, 0.1) is 0 Å². The van der Waals surface area contributed by atoms with Gasteiger partial charge in [-0.2, -0.15) is 0 Å². The van der Waals surface area contributed by atoms with Crippen molar-refractivity contribution in [1.29, 1.82) is 0 Å². The van der Waals surface area contributed by atoms with Crippen LogP contribution in [0.5, 0.6) is 0 Å². The molecule has 3 fully saturated rings. The highest BCUT2D eigenvalue weighted by atomic mass is 16.8. The van der Waals surface area contributed by atoms with Gasteiger partial charge in [0.05, 0.1) is 32.3 Å². The van der Waals surface area contributed by atoms with E-state index in [0.717, 1.165) is 62.5 Å². The van der Waals surface area contributed by atoms with Crippen LogP contribution in [0.15, 0.2) is 0 Å². The number of likely N-dealkylation sites (tertiary alicyclic amines) is 1. The molecule has 78 heavy (non-hydrogen) atoms. The summed E-state index contributed by atoms with van der Waals surface area (Å²) in [5.41, 5.74) is 11.8. The van der Waals surface area contributed by atoms with Crippen molar-refractivity contribution >= 4 is 77.2 Å². The maximum absolute atomic E-state index is 14.2. The number of primary amides is 1. The Kier molecular flexibility index (Phi) is 24.3. The van der Waals surface area contributed by atoms with E-state index in [2.05, 4.69) is 21.3 Å². The molecule has 31 nitrogen and oxygen atoms in total. The third kappa shape index (κ3) is 18.3. The second-order valence-electron chi connectivity index (χ2n) is 18.6. The van der Waals surface area contributed by atoms with Crippen molar-refractivity contribution < 1.29 is 114 Å². The van der Waals surface area contributed by atoms with Crippen molar-refractivity contribution in [3.8, 4) is 0 Å². The molecule has 16 atom stereocenters. The molecule has 3 aliphatic rings. The number of esters is 7. The summed E-state index contributed by atoms with van der Waals surface area (Å²) in [4.78, 5) is 168. The zero-order valence-corrected chi connectivity index (χ0v) is 45.3. The van der Waals surface area contributed by atoms with Crippen LogP contribution in [0.1, 0.15) is 95.4 Å². The number of carbonyl (C=O) groups excluding carboxylic acids is 13. The SMILES string of the molecule is COC(=O)[C@@]1(OC[C@H]2O[C@H](O[C@H](C)[C@H](N)C(=O)N[C@@H](C)C(=O)N[C@@H](C)C(=O)N3CCC[C@H]3C(N)=O)[C@H](NC(C)=O)[C@@H](OC(C)=O)[C@H]2OC(C)=O)C[C@H](OC(C)=O)[C@@H](NC(C)=O)[C@H]([C@H](OC(C)=O)[C@@H](COC(C)=O)OC(C)=O)O1. The van der Waals surface area contributed by atoms with Crippen molar-refractivity contribution in [2.75, 3.05) is 26.9 Å². The molecule has 6 amide bonds. The first-order chi connectivity index (χ1) is 36.3. The third-order valence-corrected chi connectivity index (χ3v) is 12.1. The maximum atomic E-state index is 14.2. The van der Waals surface area contributed by atoms with Gasteiger partial charge in [-0.3, -0.25) is 57.5 Å². The van der Waals surface area contributed by atoms with Gasteiger partial charge in [-0.25, -0.2) is 4.79 Å². The summed E-state index contributed by atoms with van der Waals surface area (Å²) in [6, 6.07) is -8.17. The molecule has 0 unspecified atom stereocenters. The van der Waals surface area contributed by atoms with Gasteiger partial charge in [-0.1, -0.05) is 0 Å². The molecule has 0 aromatic carbocycles. The number of rotatable bonds is 24. The lowest BCUT2D eigenvalue weighted by atomic mass is 9.87. The average molecular weight is 1120 g/mol. The van der Waals surface area contributed by atoms with Crippen LogP contribution in [0.4, 0.5) is 0 Å². The Balaban J connectivity index is 2.11. The average Bonchev–Trinajstić information content (AvgIpc) is 3.84. The van der Waals surface area contributed by atoms with Crippen LogP contribution in [0.3, 0.4) is 0 Å². The van der Waals surface area contributed by atoms with Crippen molar-refractivity contribution in [3.05, 3.63) is 0 Å². The van der Waals surface area contributed by atoms with Crippen LogP contribution in [0.25, 0.3) is 0 Å². The van der Waals surface area contributed by atoms with E-state index in [1.54, 1.807) is 0 Å². The summed E-state index contributed by atoms with van der Waals surface area (Å²) < 4.78 is 63.1. The van der Waals surface area contributed by atoms with Gasteiger partial charge in [0.2, 0.25) is 35.4 Å². The van der Waals surface area contributed by atoms with Gasteiger partial charge in [0.1, 0.15) is 55.1 Å². The van der Waals surface area contributed by atoms with Gasteiger partial charge in [0.25, 0.3) is 5.79 Å². The van der Waals surface area contributed by atoms with Crippen LogP contribution in [-0.2, 0) is 114 Å². The predicted molar refractivity (Wildman–Crippen MR) is 256 cm³/mol. The molecule has 0 aromatic rings. The fourth-order valence-electron chi connectivity index (χ4n) is 8.83. The molecule has 0 spiro atoms. The van der Waals surface area contributed by atoms with Crippen LogP contribution in [0.2, 0.25) is 0 Å². The van der Waals surface area contributed by atoms with Gasteiger partial charge < -0.3 is 89.7 Å². The number of carbonyl (C=O) groups is 13. The number of methoxy groups -OCH3 is 1. The van der Waals surface area contributed by atoms with Gasteiger partial charge in [-0.15, -0.1) is 0 Å². The van der Waals surface area contributed by atoms with Crippen molar-refractivity contribution in [2.24, 2.45) is 11.5 Å². The van der Waals surface area contributed by atoms with Gasteiger partial charge in [0.15, 0.2) is 30.7 Å². The second kappa shape index (κ2) is 29.0. The third-order valence-electron chi connectivity index (χ3n) is 12.1. The second-order valence-corrected chi connectivity index (χ2v) is 18.6. The quantitative estimate of drug-likeness (QED) is 0.0394. The van der Waals surface area contributed by atoms with Gasteiger partial charge in [0, 0.05) is 61.9 Å². The van der Waals surface area contributed by atoms with E-state index >= 15 is 0 Å². The summed E-state index contributed by atoms with van der Waals surface area (Å²) in [5.74, 6) is -14.9. The first-order valence-electron chi connectivity index (χ1n) is 24.5. The molecule has 8 N–H and O–H groups in total. The highest BCUT2D eigenvalue weighted by molar-refractivity contribution is 5.94. The molecule has 438 valence electrons. The zero-order valence-electron chi connectivity index (χ0n) is 45.3. The molecule has 0 aromatic heterocycles. The number of nitrogens with one attached hydrogen (secondary N) is 4. The first kappa shape index (κ1) is 65.2. The Morgan fingerprint density at radius 3 is 1.79 bits per heavy atom. The van der Waals surface area contributed by atoms with Gasteiger partial charge >= 0.3 is 41.8 Å². The molecule has 0 aliphatic carbocycles. The van der Waals surface area contributed by atoms with E-state index in [-0.39, 0.29) is 6.54 Å². The van der Waals surface area contributed by atoms with E-state index < -0.39 is 194 Å². The topological polar surface area (TPSA) is 427 Å². The monoisotopic (exact) mass is 1120 g/mol. The molecule has 0 radical (unpaired) electrons. The summed E-state index contributed by atoms with van der Waals surface area (Å²) in [5, 5.41) is 9.91. The van der Waals surface area contributed by atoms with Crippen LogP contribution < -0.4 is 32.7 Å². The lowest BCUT2D eigenvalue weighted by Gasteiger charge is -2.49. The molecule has 3 aliphatic heterocycles. The smallest absolute Gasteiger partial charge is 0.366 e. The minimum absolute atomic E-state index is 0.239. The number of ether oxygens (including phenoxy) is 11. The predicted octanol–water partition coefficient (Wildman–Crippen LogP) is -4.16. The van der Waals surface area contributed by atoms with Crippen LogP contribution in [-0.4, -0.2) is 206 Å². The normalized spacial score (nSPS) is 27.0. The highest BCUT2D eigenvalue weighted by Crippen LogP contribution is 2.39. The lowest BCUT2D eigenvalue weighted by molar-refractivity contribution is -0.334. The summed E-state index contributed by atoms with van der Waals surface area (Å²) in [6.45, 7) is 10.3. The fraction of sp³-hybridized carbons (Fsp3) is 0.723. The Hall–Kier alpha value is -7.09.